The summed E-state index contributed by atoms with van der Waals surface area (Å²) in [6.45, 7) is 0. The second kappa shape index (κ2) is 9.75. The van der Waals surface area contributed by atoms with Crippen LogP contribution in [0.4, 0.5) is 5.69 Å². The number of nitrogens with one attached hydrogen (secondary N) is 2. The van der Waals surface area contributed by atoms with Crippen LogP contribution in [0.25, 0.3) is 23.1 Å². The van der Waals surface area contributed by atoms with Gasteiger partial charge in [0.25, 0.3) is 5.91 Å². The Morgan fingerprint density at radius 3 is 2.49 bits per heavy atom. The number of aromatic nitrogens is 3. The number of hydrogen-bond acceptors (Lipinski definition) is 4. The third-order valence-corrected chi connectivity index (χ3v) is 5.67. The Morgan fingerprint density at radius 1 is 0.829 bits per heavy atom. The van der Waals surface area contributed by atoms with Gasteiger partial charge in [-0.2, -0.15) is 5.10 Å². The van der Waals surface area contributed by atoms with Crippen molar-refractivity contribution in [3.8, 4) is 0 Å². The molecule has 0 saturated heterocycles. The summed E-state index contributed by atoms with van der Waals surface area (Å²) in [5.74, 6) is -0.500. The molecule has 2 aromatic heterocycles. The van der Waals surface area contributed by atoms with E-state index in [-0.39, 0.29) is 16.8 Å². The van der Waals surface area contributed by atoms with Gasteiger partial charge in [-0.1, -0.05) is 66.2 Å². The zero-order valence-corrected chi connectivity index (χ0v) is 19.2. The number of amides is 1. The minimum atomic E-state index is -0.339. The highest BCUT2D eigenvalue weighted by Crippen LogP contribution is 2.22. The molecule has 5 aromatic rings. The standard InChI is InChI=1S/C28H19ClN4O2/c29-26-17-21(13-14-30-26)28(35)31-22-8-4-7-19(15-22)27(34)20-10-11-23-24(32-33-25(23)16-20)12-9-18-5-2-1-3-6-18/h1-17H,(H,31,35)(H,32,33)/b12-9+. The van der Waals surface area contributed by atoms with E-state index < -0.39 is 0 Å². The maximum atomic E-state index is 13.2. The lowest BCUT2D eigenvalue weighted by molar-refractivity contribution is 0.102. The molecule has 0 saturated carbocycles. The van der Waals surface area contributed by atoms with E-state index in [1.165, 1.54) is 12.3 Å². The zero-order chi connectivity index (χ0) is 24.2. The molecule has 0 aliphatic carbocycles. The SMILES string of the molecule is O=C(Nc1cccc(C(=O)c2ccc3c(/C=C/c4ccccc4)n[nH]c3c2)c1)c1ccnc(Cl)c1. The van der Waals surface area contributed by atoms with Crippen LogP contribution in [0.5, 0.6) is 0 Å². The topological polar surface area (TPSA) is 87.7 Å². The van der Waals surface area contributed by atoms with Crippen LogP contribution < -0.4 is 5.32 Å². The lowest BCUT2D eigenvalue weighted by Crippen LogP contribution is -2.12. The van der Waals surface area contributed by atoms with E-state index in [0.717, 1.165) is 22.2 Å². The molecule has 2 heterocycles. The molecule has 0 spiro atoms. The van der Waals surface area contributed by atoms with Gasteiger partial charge >= 0.3 is 0 Å². The van der Waals surface area contributed by atoms with E-state index in [1.807, 2.05) is 48.6 Å². The quantitative estimate of drug-likeness (QED) is 0.222. The predicted molar refractivity (Wildman–Crippen MR) is 139 cm³/mol. The number of benzene rings is 3. The van der Waals surface area contributed by atoms with Gasteiger partial charge in [-0.3, -0.25) is 14.7 Å². The second-order valence-corrected chi connectivity index (χ2v) is 8.23. The Kier molecular flexibility index (Phi) is 6.20. The van der Waals surface area contributed by atoms with Crippen LogP contribution in [-0.4, -0.2) is 26.9 Å². The fraction of sp³-hybridized carbons (Fsp3) is 0. The number of pyridine rings is 1. The van der Waals surface area contributed by atoms with Crippen LogP contribution in [0.15, 0.2) is 91.1 Å². The van der Waals surface area contributed by atoms with Gasteiger partial charge in [0.15, 0.2) is 5.78 Å². The van der Waals surface area contributed by atoms with Gasteiger partial charge in [0.05, 0.1) is 11.2 Å². The minimum Gasteiger partial charge on any atom is -0.322 e. The zero-order valence-electron chi connectivity index (χ0n) is 18.4. The first-order valence-electron chi connectivity index (χ1n) is 10.9. The second-order valence-electron chi connectivity index (χ2n) is 7.84. The molecular formula is C28H19ClN4O2. The van der Waals surface area contributed by atoms with E-state index in [9.17, 15) is 9.59 Å². The first-order chi connectivity index (χ1) is 17.1. The summed E-state index contributed by atoms with van der Waals surface area (Å²) in [5.41, 5.74) is 4.50. The van der Waals surface area contributed by atoms with E-state index in [0.29, 0.717) is 22.4 Å². The molecule has 0 unspecified atom stereocenters. The Bertz CT molecular complexity index is 1570. The molecule has 2 N–H and O–H groups in total. The number of hydrogen-bond donors (Lipinski definition) is 2. The minimum absolute atomic E-state index is 0.161. The summed E-state index contributed by atoms with van der Waals surface area (Å²) < 4.78 is 0. The predicted octanol–water partition coefficient (Wildman–Crippen LogP) is 6.27. The number of anilines is 1. The van der Waals surface area contributed by atoms with E-state index >= 15 is 0 Å². The van der Waals surface area contributed by atoms with Gasteiger partial charge in [0.1, 0.15) is 5.15 Å². The third kappa shape index (κ3) is 5.03. The molecule has 5 rings (SSSR count). The molecular weight excluding hydrogens is 460 g/mol. The molecule has 0 aliphatic heterocycles. The fourth-order valence-electron chi connectivity index (χ4n) is 3.70. The molecule has 6 nitrogen and oxygen atoms in total. The smallest absolute Gasteiger partial charge is 0.255 e. The molecule has 0 radical (unpaired) electrons. The van der Waals surface area contributed by atoms with Crippen molar-refractivity contribution in [1.29, 1.82) is 0 Å². The average Bonchev–Trinajstić information content (AvgIpc) is 3.30. The molecule has 0 atom stereocenters. The molecule has 0 bridgehead atoms. The molecule has 0 fully saturated rings. The first-order valence-corrected chi connectivity index (χ1v) is 11.2. The molecule has 3 aromatic carbocycles. The Morgan fingerprint density at radius 2 is 1.66 bits per heavy atom. The number of halogens is 1. The van der Waals surface area contributed by atoms with Crippen LogP contribution in [0.3, 0.4) is 0 Å². The number of rotatable bonds is 6. The molecule has 35 heavy (non-hydrogen) atoms. The van der Waals surface area contributed by atoms with Gasteiger partial charge in [-0.15, -0.1) is 0 Å². The number of aromatic amines is 1. The highest BCUT2D eigenvalue weighted by molar-refractivity contribution is 6.29. The lowest BCUT2D eigenvalue weighted by Gasteiger charge is -2.08. The van der Waals surface area contributed by atoms with Crippen LogP contribution >= 0.6 is 11.6 Å². The van der Waals surface area contributed by atoms with Crippen molar-refractivity contribution in [2.45, 2.75) is 0 Å². The summed E-state index contributed by atoms with van der Waals surface area (Å²) in [5, 5.41) is 11.3. The Hall–Kier alpha value is -4.55. The fourth-order valence-corrected chi connectivity index (χ4v) is 3.87. The van der Waals surface area contributed by atoms with E-state index in [2.05, 4.69) is 20.5 Å². The number of ketones is 1. The highest BCUT2D eigenvalue weighted by atomic mass is 35.5. The summed E-state index contributed by atoms with van der Waals surface area (Å²) >= 11 is 5.87. The van der Waals surface area contributed by atoms with Crippen LogP contribution in [0.2, 0.25) is 5.15 Å². The largest absolute Gasteiger partial charge is 0.322 e. The lowest BCUT2D eigenvalue weighted by atomic mass is 10.0. The maximum Gasteiger partial charge on any atom is 0.255 e. The van der Waals surface area contributed by atoms with Crippen molar-refractivity contribution in [1.82, 2.24) is 15.2 Å². The maximum absolute atomic E-state index is 13.2. The number of nitrogens with zero attached hydrogens (tertiary/aromatic N) is 2. The van der Waals surface area contributed by atoms with Crippen LogP contribution in [-0.2, 0) is 0 Å². The van der Waals surface area contributed by atoms with Crippen molar-refractivity contribution in [3.63, 3.8) is 0 Å². The number of fused-ring (bicyclic) bond motifs is 1. The van der Waals surface area contributed by atoms with Crippen molar-refractivity contribution < 1.29 is 9.59 Å². The highest BCUT2D eigenvalue weighted by Gasteiger charge is 2.14. The van der Waals surface area contributed by atoms with Crippen LogP contribution in [0.1, 0.15) is 37.5 Å². The summed E-state index contributed by atoms with van der Waals surface area (Å²) in [6, 6.07) is 25.3. The number of carbonyl (C=O) groups is 2. The molecule has 7 heteroatoms. The van der Waals surface area contributed by atoms with Crippen molar-refractivity contribution >= 4 is 52.0 Å². The molecule has 0 aliphatic rings. The van der Waals surface area contributed by atoms with Gasteiger partial charge in [-0.25, -0.2) is 4.98 Å². The van der Waals surface area contributed by atoms with Crippen molar-refractivity contribution in [2.24, 2.45) is 0 Å². The van der Waals surface area contributed by atoms with Crippen LogP contribution in [0, 0.1) is 0 Å². The normalized spacial score (nSPS) is 11.1. The average molecular weight is 479 g/mol. The number of carbonyl (C=O) groups excluding carboxylic acids is 2. The van der Waals surface area contributed by atoms with Gasteiger partial charge in [0, 0.05) is 34.0 Å². The van der Waals surface area contributed by atoms with E-state index in [1.54, 1.807) is 42.5 Å². The first kappa shape index (κ1) is 22.3. The van der Waals surface area contributed by atoms with Gasteiger partial charge in [0.2, 0.25) is 0 Å². The summed E-state index contributed by atoms with van der Waals surface area (Å²) in [6.07, 6.45) is 5.40. The molecule has 170 valence electrons. The van der Waals surface area contributed by atoms with Gasteiger partial charge < -0.3 is 5.32 Å². The van der Waals surface area contributed by atoms with Crippen molar-refractivity contribution in [2.75, 3.05) is 5.32 Å². The Balaban J connectivity index is 1.35. The van der Waals surface area contributed by atoms with Crippen molar-refractivity contribution in [3.05, 3.63) is 124 Å². The summed E-state index contributed by atoms with van der Waals surface area (Å²) in [7, 11) is 0. The van der Waals surface area contributed by atoms with E-state index in [4.69, 9.17) is 11.6 Å². The monoisotopic (exact) mass is 478 g/mol. The third-order valence-electron chi connectivity index (χ3n) is 5.46. The number of H-pyrrole nitrogens is 1. The van der Waals surface area contributed by atoms with Gasteiger partial charge in [-0.05, 0) is 48.0 Å². The molecule has 1 amide bonds. The summed E-state index contributed by atoms with van der Waals surface area (Å²) in [4.78, 5) is 29.6. The Labute approximate surface area is 206 Å².